The maximum atomic E-state index is 10.2. The molecule has 5 rings (SSSR count). The molecule has 142 valence electrons. The van der Waals surface area contributed by atoms with Crippen LogP contribution in [0, 0.1) is 6.92 Å². The number of benzene rings is 2. The van der Waals surface area contributed by atoms with Gasteiger partial charge in [-0.1, -0.05) is 0 Å². The third kappa shape index (κ3) is 2.57. The first-order chi connectivity index (χ1) is 13.7. The molecule has 6 heteroatoms. The van der Waals surface area contributed by atoms with Gasteiger partial charge in [0.15, 0.2) is 0 Å². The van der Waals surface area contributed by atoms with Gasteiger partial charge in [0.2, 0.25) is 5.89 Å². The number of aromatic hydroxyl groups is 1. The van der Waals surface area contributed by atoms with Crippen molar-refractivity contribution >= 4 is 10.9 Å². The molecule has 2 heterocycles. The third-order valence-corrected chi connectivity index (χ3v) is 5.52. The molecular formula is C22H21N3O3. The van der Waals surface area contributed by atoms with E-state index >= 15 is 0 Å². The first-order valence-corrected chi connectivity index (χ1v) is 9.42. The normalized spacial score (nSPS) is 14.4. The van der Waals surface area contributed by atoms with Gasteiger partial charge in [0.25, 0.3) is 0 Å². The summed E-state index contributed by atoms with van der Waals surface area (Å²) in [7, 11) is 0. The molecule has 2 aromatic heterocycles. The van der Waals surface area contributed by atoms with E-state index in [-0.39, 0.29) is 5.75 Å². The van der Waals surface area contributed by atoms with Crippen LogP contribution in [0.15, 0.2) is 53.1 Å². The summed E-state index contributed by atoms with van der Waals surface area (Å²) in [6.45, 7) is 1.91. The highest BCUT2D eigenvalue weighted by Crippen LogP contribution is 2.47. The predicted octanol–water partition coefficient (Wildman–Crippen LogP) is 4.95. The molecule has 1 fully saturated rings. The van der Waals surface area contributed by atoms with Crippen LogP contribution in [-0.4, -0.2) is 14.7 Å². The van der Waals surface area contributed by atoms with Crippen molar-refractivity contribution in [2.75, 3.05) is 0 Å². The second kappa shape index (κ2) is 6.42. The van der Waals surface area contributed by atoms with E-state index in [2.05, 4.69) is 9.55 Å². The Morgan fingerprint density at radius 2 is 1.96 bits per heavy atom. The van der Waals surface area contributed by atoms with Gasteiger partial charge < -0.3 is 18.9 Å². The van der Waals surface area contributed by atoms with Crippen LogP contribution in [0.5, 0.6) is 11.5 Å². The van der Waals surface area contributed by atoms with Crippen molar-refractivity contribution in [1.29, 1.82) is 0 Å². The Labute approximate surface area is 162 Å². The van der Waals surface area contributed by atoms with E-state index in [0.717, 1.165) is 46.3 Å². The van der Waals surface area contributed by atoms with E-state index in [9.17, 15) is 5.11 Å². The maximum Gasteiger partial charge on any atom is 0.228 e. The lowest BCUT2D eigenvalue weighted by molar-refractivity contribution is 0.324. The van der Waals surface area contributed by atoms with Crippen LogP contribution in [0.3, 0.4) is 0 Å². The topological polar surface area (TPSA) is 86.4 Å². The molecule has 6 nitrogen and oxygen atoms in total. The summed E-state index contributed by atoms with van der Waals surface area (Å²) in [6, 6.07) is 13.5. The van der Waals surface area contributed by atoms with Gasteiger partial charge >= 0.3 is 0 Å². The van der Waals surface area contributed by atoms with E-state index in [1.54, 1.807) is 12.3 Å². The van der Waals surface area contributed by atoms with Gasteiger partial charge in [0.1, 0.15) is 17.8 Å². The molecule has 1 aliphatic carbocycles. The van der Waals surface area contributed by atoms with Crippen LogP contribution in [0.2, 0.25) is 0 Å². The van der Waals surface area contributed by atoms with Crippen molar-refractivity contribution in [3.8, 4) is 34.2 Å². The summed E-state index contributed by atoms with van der Waals surface area (Å²) in [4.78, 5) is 9.44. The van der Waals surface area contributed by atoms with Crippen LogP contribution >= 0.6 is 0 Å². The largest absolute Gasteiger partial charge is 0.508 e. The van der Waals surface area contributed by atoms with Crippen molar-refractivity contribution in [2.45, 2.75) is 32.2 Å². The molecule has 0 radical (unpaired) electrons. The van der Waals surface area contributed by atoms with Crippen molar-refractivity contribution in [1.82, 2.24) is 9.55 Å². The molecule has 0 atom stereocenters. The van der Waals surface area contributed by atoms with Crippen molar-refractivity contribution in [3.05, 3.63) is 54.4 Å². The number of rotatable bonds is 4. The first-order valence-electron chi connectivity index (χ1n) is 9.42. The van der Waals surface area contributed by atoms with Crippen molar-refractivity contribution in [2.24, 2.45) is 5.90 Å². The molecule has 2 aromatic carbocycles. The zero-order chi connectivity index (χ0) is 19.3. The molecule has 3 N–H and O–H groups in total. The Hall–Kier alpha value is -3.25. The van der Waals surface area contributed by atoms with E-state index in [0.29, 0.717) is 17.7 Å². The van der Waals surface area contributed by atoms with Gasteiger partial charge in [0.05, 0.1) is 22.5 Å². The van der Waals surface area contributed by atoms with Crippen LogP contribution in [0.4, 0.5) is 0 Å². The average molecular weight is 375 g/mol. The summed E-state index contributed by atoms with van der Waals surface area (Å²) in [5, 5.41) is 11.2. The number of aromatic nitrogens is 2. The number of nitrogens with zero attached hydrogens (tertiary/aromatic N) is 2. The van der Waals surface area contributed by atoms with Gasteiger partial charge in [0, 0.05) is 17.5 Å². The molecule has 0 aliphatic heterocycles. The minimum absolute atomic E-state index is 0.249. The number of phenolic OH excluding ortho intramolecular Hbond substituents is 1. The predicted molar refractivity (Wildman–Crippen MR) is 107 cm³/mol. The Balaban J connectivity index is 1.86. The minimum atomic E-state index is 0.249. The van der Waals surface area contributed by atoms with Crippen molar-refractivity contribution in [3.63, 3.8) is 0 Å². The first kappa shape index (κ1) is 16.9. The van der Waals surface area contributed by atoms with Crippen LogP contribution < -0.4 is 10.7 Å². The van der Waals surface area contributed by atoms with Crippen molar-refractivity contribution < 1.29 is 14.4 Å². The second-order valence-corrected chi connectivity index (χ2v) is 7.32. The summed E-state index contributed by atoms with van der Waals surface area (Å²) in [5.41, 5.74) is 4.82. The average Bonchev–Trinajstić information content (AvgIpc) is 3.22. The number of phenols is 1. The fraction of sp³-hybridized carbons (Fsp3) is 0.227. The molecule has 28 heavy (non-hydrogen) atoms. The molecule has 0 saturated heterocycles. The van der Waals surface area contributed by atoms with E-state index in [4.69, 9.17) is 15.2 Å². The Kier molecular flexibility index (Phi) is 3.87. The number of fused-ring (bicyclic) bond motifs is 1. The molecular weight excluding hydrogens is 354 g/mol. The molecule has 4 aromatic rings. The quantitative estimate of drug-likeness (QED) is 0.493. The van der Waals surface area contributed by atoms with E-state index < -0.39 is 0 Å². The smallest absolute Gasteiger partial charge is 0.228 e. The van der Waals surface area contributed by atoms with Crippen LogP contribution in [0.25, 0.3) is 33.6 Å². The zero-order valence-electron chi connectivity index (χ0n) is 15.6. The lowest BCUT2D eigenvalue weighted by Gasteiger charge is -2.30. The van der Waals surface area contributed by atoms with Gasteiger partial charge in [-0.3, -0.25) is 0 Å². The van der Waals surface area contributed by atoms with Gasteiger partial charge in [-0.05, 0) is 68.1 Å². The molecule has 0 unspecified atom stereocenters. The maximum absolute atomic E-state index is 10.2. The highest BCUT2D eigenvalue weighted by Gasteiger charge is 2.29. The molecule has 0 bridgehead atoms. The summed E-state index contributed by atoms with van der Waals surface area (Å²) >= 11 is 0. The van der Waals surface area contributed by atoms with E-state index in [1.165, 1.54) is 6.42 Å². The van der Waals surface area contributed by atoms with Gasteiger partial charge in [-0.25, -0.2) is 4.98 Å². The lowest BCUT2D eigenvalue weighted by atomic mass is 9.92. The minimum Gasteiger partial charge on any atom is -0.508 e. The molecule has 0 amide bonds. The van der Waals surface area contributed by atoms with Gasteiger partial charge in [-0.2, -0.15) is 5.90 Å². The standard InChI is InChI=1S/C22H21N3O3/c1-13-12-27-22(24-13)20-18-10-7-16(26)11-19(18)25(15-3-2-4-15)21(20)14-5-8-17(28-23)9-6-14/h5-12,15,26H,2-4,23H2,1H3. The van der Waals surface area contributed by atoms with Gasteiger partial charge in [-0.15, -0.1) is 0 Å². The molecule has 0 spiro atoms. The van der Waals surface area contributed by atoms with Crippen LogP contribution in [0.1, 0.15) is 31.0 Å². The summed E-state index contributed by atoms with van der Waals surface area (Å²) in [5.74, 6) is 6.72. The SMILES string of the molecule is Cc1coc(-c2c(-c3ccc(ON)cc3)n(C3CCC3)c3cc(O)ccc23)n1. The number of nitrogens with two attached hydrogens (primary N) is 1. The molecule has 1 saturated carbocycles. The Morgan fingerprint density at radius 1 is 1.18 bits per heavy atom. The van der Waals surface area contributed by atoms with Crippen LogP contribution in [-0.2, 0) is 0 Å². The third-order valence-electron chi connectivity index (χ3n) is 5.52. The number of aryl methyl sites for hydroxylation is 1. The summed E-state index contributed by atoms with van der Waals surface area (Å²) in [6.07, 6.45) is 5.09. The fourth-order valence-corrected chi connectivity index (χ4v) is 3.98. The Bertz CT molecular complexity index is 1150. The highest BCUT2D eigenvalue weighted by atomic mass is 16.6. The fourth-order valence-electron chi connectivity index (χ4n) is 3.98. The highest BCUT2D eigenvalue weighted by molar-refractivity contribution is 6.03. The van der Waals surface area contributed by atoms with E-state index in [1.807, 2.05) is 43.3 Å². The Morgan fingerprint density at radius 3 is 2.57 bits per heavy atom. The monoisotopic (exact) mass is 375 g/mol. The number of hydrogen-bond donors (Lipinski definition) is 2. The summed E-state index contributed by atoms with van der Waals surface area (Å²) < 4.78 is 8.13. The number of oxazole rings is 1. The lowest BCUT2D eigenvalue weighted by Crippen LogP contribution is -2.17. The molecule has 1 aliphatic rings. The number of hydrogen-bond acceptors (Lipinski definition) is 5. The second-order valence-electron chi connectivity index (χ2n) is 7.32. The zero-order valence-corrected chi connectivity index (χ0v) is 15.6.